The third-order valence-electron chi connectivity index (χ3n) is 5.20. The molecule has 0 aliphatic carbocycles. The van der Waals surface area contributed by atoms with Crippen LogP contribution in [-0.4, -0.2) is 17.9 Å². The van der Waals surface area contributed by atoms with Crippen LogP contribution in [0.15, 0.2) is 66.7 Å². The Morgan fingerprint density at radius 1 is 1.13 bits per heavy atom. The van der Waals surface area contributed by atoms with E-state index in [0.717, 1.165) is 17.5 Å². The van der Waals surface area contributed by atoms with Crippen LogP contribution in [0.2, 0.25) is 5.02 Å². The minimum Gasteiger partial charge on any atom is -0.440 e. The van der Waals surface area contributed by atoms with E-state index in [1.165, 1.54) is 6.92 Å². The zero-order chi connectivity index (χ0) is 22.3. The van der Waals surface area contributed by atoms with Gasteiger partial charge in [-0.3, -0.25) is 4.79 Å². The van der Waals surface area contributed by atoms with Gasteiger partial charge in [0, 0.05) is 10.4 Å². The summed E-state index contributed by atoms with van der Waals surface area (Å²) in [7, 11) is 0. The minimum atomic E-state index is -0.761. The Bertz CT molecular complexity index is 892. The molecule has 2 atom stereocenters. The number of alkyl carbamates (subject to hydrolysis) is 1. The molecule has 0 aliphatic heterocycles. The maximum Gasteiger partial charge on any atom is 0.408 e. The molecule has 0 heterocycles. The number of benzene rings is 2. The summed E-state index contributed by atoms with van der Waals surface area (Å²) in [6, 6.07) is 16.3. The van der Waals surface area contributed by atoms with Crippen LogP contribution < -0.4 is 5.32 Å². The number of ketones is 1. The quantitative estimate of drug-likeness (QED) is 0.471. The molecule has 0 radical (unpaired) electrons. The normalized spacial score (nSPS) is 13.2. The fourth-order valence-electron chi connectivity index (χ4n) is 3.52. The summed E-state index contributed by atoms with van der Waals surface area (Å²) in [4.78, 5) is 24.9. The average molecular weight is 428 g/mol. The lowest BCUT2D eigenvalue weighted by Gasteiger charge is -2.35. The van der Waals surface area contributed by atoms with Crippen LogP contribution >= 0.6 is 11.6 Å². The largest absolute Gasteiger partial charge is 0.440 e. The van der Waals surface area contributed by atoms with Crippen LogP contribution in [0.3, 0.4) is 0 Å². The molecule has 2 rings (SSSR count). The Kier molecular flexibility index (Phi) is 8.24. The molecule has 0 aliphatic rings. The smallest absolute Gasteiger partial charge is 0.408 e. The van der Waals surface area contributed by atoms with Crippen LogP contribution in [-0.2, 0) is 14.9 Å². The molecule has 5 heteroatoms. The van der Waals surface area contributed by atoms with Gasteiger partial charge in [0.15, 0.2) is 5.78 Å². The molecule has 0 fully saturated rings. The van der Waals surface area contributed by atoms with Crippen LogP contribution in [0, 0.1) is 0 Å². The standard InChI is InChI=1S/C25H30ClNO3/c1-6-11-17(2)22(18(3)28)27-24(29)30-23(19-12-8-7-9-13-19)25(4,5)20-14-10-15-21(26)16-20/h7-10,12-16,22-23H,2,6,11H2,1,3-5H3,(H,27,29)/t22-,23-/m0/s1. The van der Waals surface area contributed by atoms with E-state index >= 15 is 0 Å². The number of amides is 1. The summed E-state index contributed by atoms with van der Waals surface area (Å²) in [5.74, 6) is -0.171. The molecular weight excluding hydrogens is 398 g/mol. The van der Waals surface area contributed by atoms with Crippen molar-refractivity contribution in [2.45, 2.75) is 58.1 Å². The first-order valence-corrected chi connectivity index (χ1v) is 10.5. The number of rotatable bonds is 9. The maximum atomic E-state index is 12.8. The fraction of sp³-hybridized carbons (Fsp3) is 0.360. The molecule has 2 aromatic carbocycles. The van der Waals surface area contributed by atoms with Gasteiger partial charge in [-0.05, 0) is 42.2 Å². The zero-order valence-corrected chi connectivity index (χ0v) is 18.8. The van der Waals surface area contributed by atoms with Gasteiger partial charge in [0.2, 0.25) is 0 Å². The monoisotopic (exact) mass is 427 g/mol. The summed E-state index contributed by atoms with van der Waals surface area (Å²) < 4.78 is 5.92. The third-order valence-corrected chi connectivity index (χ3v) is 5.43. The van der Waals surface area contributed by atoms with E-state index in [9.17, 15) is 9.59 Å². The highest BCUT2D eigenvalue weighted by molar-refractivity contribution is 6.30. The van der Waals surface area contributed by atoms with E-state index in [-0.39, 0.29) is 5.78 Å². The molecule has 1 amide bonds. The Labute approximate surface area is 184 Å². The van der Waals surface area contributed by atoms with E-state index in [4.69, 9.17) is 16.3 Å². The van der Waals surface area contributed by atoms with Crippen LogP contribution in [0.25, 0.3) is 0 Å². The van der Waals surface area contributed by atoms with Gasteiger partial charge >= 0.3 is 6.09 Å². The molecular formula is C25H30ClNO3. The van der Waals surface area contributed by atoms with Crippen molar-refractivity contribution in [2.24, 2.45) is 0 Å². The van der Waals surface area contributed by atoms with Crippen molar-refractivity contribution in [3.63, 3.8) is 0 Å². The van der Waals surface area contributed by atoms with Crippen molar-refractivity contribution in [2.75, 3.05) is 0 Å². The van der Waals surface area contributed by atoms with E-state index in [0.29, 0.717) is 17.0 Å². The Morgan fingerprint density at radius 2 is 1.80 bits per heavy atom. The van der Waals surface area contributed by atoms with Crippen LogP contribution in [0.4, 0.5) is 4.79 Å². The molecule has 0 unspecified atom stereocenters. The van der Waals surface area contributed by atoms with Gasteiger partial charge in [-0.15, -0.1) is 0 Å². The number of hydrogen-bond acceptors (Lipinski definition) is 3. The van der Waals surface area contributed by atoms with Crippen LogP contribution in [0.1, 0.15) is 57.8 Å². The lowest BCUT2D eigenvalue weighted by atomic mass is 9.76. The van der Waals surface area contributed by atoms with E-state index in [1.807, 2.05) is 75.4 Å². The fourth-order valence-corrected chi connectivity index (χ4v) is 3.71. The number of Topliss-reactive ketones (excluding diaryl/α,β-unsaturated/α-hetero) is 1. The molecule has 0 spiro atoms. The van der Waals surface area contributed by atoms with Crippen LogP contribution in [0.5, 0.6) is 0 Å². The highest BCUT2D eigenvalue weighted by Crippen LogP contribution is 2.40. The molecule has 0 saturated heterocycles. The highest BCUT2D eigenvalue weighted by atomic mass is 35.5. The van der Waals surface area contributed by atoms with Crippen molar-refractivity contribution >= 4 is 23.5 Å². The van der Waals surface area contributed by atoms with Gasteiger partial charge in [0.25, 0.3) is 0 Å². The Hall–Kier alpha value is -2.59. The summed E-state index contributed by atoms with van der Waals surface area (Å²) >= 11 is 6.21. The molecule has 4 nitrogen and oxygen atoms in total. The van der Waals surface area contributed by atoms with Crippen molar-refractivity contribution < 1.29 is 14.3 Å². The van der Waals surface area contributed by atoms with Crippen molar-refractivity contribution in [3.8, 4) is 0 Å². The first-order chi connectivity index (χ1) is 14.2. The summed E-state index contributed by atoms with van der Waals surface area (Å²) in [6.07, 6.45) is 0.245. The van der Waals surface area contributed by atoms with Crippen molar-refractivity contribution in [1.29, 1.82) is 0 Å². The zero-order valence-electron chi connectivity index (χ0n) is 18.1. The Morgan fingerprint density at radius 3 is 2.37 bits per heavy atom. The molecule has 0 saturated carbocycles. The van der Waals surface area contributed by atoms with Gasteiger partial charge in [0.05, 0.1) is 0 Å². The lowest BCUT2D eigenvalue weighted by molar-refractivity contribution is -0.118. The second kappa shape index (κ2) is 10.4. The number of hydrogen-bond donors (Lipinski definition) is 1. The first-order valence-electron chi connectivity index (χ1n) is 10.1. The van der Waals surface area contributed by atoms with Gasteiger partial charge < -0.3 is 10.1 Å². The summed E-state index contributed by atoms with van der Waals surface area (Å²) in [5.41, 5.74) is 1.89. The van der Waals surface area contributed by atoms with Gasteiger partial charge in [-0.2, -0.15) is 0 Å². The summed E-state index contributed by atoms with van der Waals surface area (Å²) in [6.45, 7) is 11.4. The highest BCUT2D eigenvalue weighted by Gasteiger charge is 2.36. The van der Waals surface area contributed by atoms with Gasteiger partial charge in [-0.25, -0.2) is 4.79 Å². The second-order valence-electron chi connectivity index (χ2n) is 8.02. The van der Waals surface area contributed by atoms with Crippen molar-refractivity contribution in [1.82, 2.24) is 5.32 Å². The minimum absolute atomic E-state index is 0.171. The number of carbonyl (C=O) groups excluding carboxylic acids is 2. The van der Waals surface area contributed by atoms with E-state index in [1.54, 1.807) is 0 Å². The number of ether oxygens (including phenoxy) is 1. The second-order valence-corrected chi connectivity index (χ2v) is 8.46. The predicted molar refractivity (Wildman–Crippen MR) is 122 cm³/mol. The topological polar surface area (TPSA) is 55.4 Å². The molecule has 2 aromatic rings. The molecule has 0 bridgehead atoms. The average Bonchev–Trinajstić information content (AvgIpc) is 2.70. The maximum absolute atomic E-state index is 12.8. The number of halogens is 1. The van der Waals surface area contributed by atoms with Crippen molar-refractivity contribution in [3.05, 3.63) is 82.9 Å². The van der Waals surface area contributed by atoms with Gasteiger partial charge in [0.1, 0.15) is 12.1 Å². The number of carbonyl (C=O) groups is 2. The third kappa shape index (κ3) is 5.96. The molecule has 30 heavy (non-hydrogen) atoms. The molecule has 0 aromatic heterocycles. The van der Waals surface area contributed by atoms with Gasteiger partial charge in [-0.1, -0.05) is 87.8 Å². The lowest BCUT2D eigenvalue weighted by Crippen LogP contribution is -2.43. The van der Waals surface area contributed by atoms with E-state index < -0.39 is 23.7 Å². The number of nitrogens with one attached hydrogen (secondary N) is 1. The predicted octanol–water partition coefficient (Wildman–Crippen LogP) is 6.40. The SMILES string of the molecule is C=C(CCC)[C@H](NC(=O)O[C@@H](c1ccccc1)C(C)(C)c1cccc(Cl)c1)C(C)=O. The molecule has 1 N–H and O–H groups in total. The summed E-state index contributed by atoms with van der Waals surface area (Å²) in [5, 5.41) is 3.32. The molecule has 160 valence electrons. The Balaban J connectivity index is 2.33. The first kappa shape index (κ1) is 23.7. The van der Waals surface area contributed by atoms with E-state index in [2.05, 4.69) is 11.9 Å².